The number of nitro benzene ring substituents is 2. The van der Waals surface area contributed by atoms with Gasteiger partial charge < -0.3 is 28.4 Å². The standard InChI is InChI=1S/C20H22N2O14/c1-9(23)33-15-16(34-10(2)24)18(35-11(3)25)20(36-17(15)19(26)31-4)32-8-12-5-6-13(21(27)28)7-14(12)22(29)30/h5-7,15-18,20H,8H2,1-4H3/t15-,16-,17-,18+,20+/m0/s1. The highest BCUT2D eigenvalue weighted by Gasteiger charge is 2.55. The molecular weight excluding hydrogens is 492 g/mol. The van der Waals surface area contributed by atoms with E-state index in [0.717, 1.165) is 46.1 Å². The molecule has 0 aromatic heterocycles. The maximum Gasteiger partial charge on any atom is 0.339 e. The molecule has 1 aliphatic rings. The zero-order chi connectivity index (χ0) is 27.2. The van der Waals surface area contributed by atoms with Gasteiger partial charge in [-0.2, -0.15) is 0 Å². The molecule has 0 N–H and O–H groups in total. The second-order valence-corrected chi connectivity index (χ2v) is 7.31. The normalized spacial score (nSPS) is 23.2. The minimum Gasteiger partial charge on any atom is -0.467 e. The molecule has 0 amide bonds. The first-order valence-corrected chi connectivity index (χ1v) is 10.1. The van der Waals surface area contributed by atoms with E-state index in [1.54, 1.807) is 0 Å². The summed E-state index contributed by atoms with van der Waals surface area (Å²) in [5, 5.41) is 22.4. The minimum atomic E-state index is -1.72. The van der Waals surface area contributed by atoms with Crippen LogP contribution >= 0.6 is 0 Å². The smallest absolute Gasteiger partial charge is 0.339 e. The number of ether oxygens (including phenoxy) is 6. The molecule has 1 aromatic rings. The number of nitro groups is 2. The van der Waals surface area contributed by atoms with Crippen LogP contribution in [0.1, 0.15) is 26.3 Å². The largest absolute Gasteiger partial charge is 0.467 e. The van der Waals surface area contributed by atoms with Gasteiger partial charge in [0.25, 0.3) is 11.4 Å². The predicted molar refractivity (Wildman–Crippen MR) is 112 cm³/mol. The molecule has 1 aromatic carbocycles. The zero-order valence-electron chi connectivity index (χ0n) is 19.4. The zero-order valence-corrected chi connectivity index (χ0v) is 19.4. The van der Waals surface area contributed by atoms with Crippen molar-refractivity contribution in [1.29, 1.82) is 0 Å². The monoisotopic (exact) mass is 514 g/mol. The molecule has 196 valence electrons. The second kappa shape index (κ2) is 12.0. The van der Waals surface area contributed by atoms with Crippen LogP contribution in [0, 0.1) is 20.2 Å². The third-order valence-corrected chi connectivity index (χ3v) is 4.71. The van der Waals surface area contributed by atoms with Crippen molar-refractivity contribution in [3.63, 3.8) is 0 Å². The Hall–Kier alpha value is -4.18. The van der Waals surface area contributed by atoms with Gasteiger partial charge in [-0.15, -0.1) is 0 Å². The van der Waals surface area contributed by atoms with Crippen LogP contribution in [-0.2, 0) is 54.2 Å². The Morgan fingerprint density at radius 2 is 1.44 bits per heavy atom. The van der Waals surface area contributed by atoms with Crippen LogP contribution < -0.4 is 0 Å². The van der Waals surface area contributed by atoms with Crippen molar-refractivity contribution in [2.24, 2.45) is 0 Å². The van der Waals surface area contributed by atoms with Crippen LogP contribution in [0.3, 0.4) is 0 Å². The van der Waals surface area contributed by atoms with Gasteiger partial charge in [0.05, 0.1) is 35.2 Å². The molecule has 16 nitrogen and oxygen atoms in total. The van der Waals surface area contributed by atoms with E-state index in [-0.39, 0.29) is 5.56 Å². The highest BCUT2D eigenvalue weighted by atomic mass is 16.7. The second-order valence-electron chi connectivity index (χ2n) is 7.31. The number of rotatable bonds is 9. The van der Waals surface area contributed by atoms with Crippen LogP contribution in [0.15, 0.2) is 18.2 Å². The molecule has 36 heavy (non-hydrogen) atoms. The van der Waals surface area contributed by atoms with Crippen LogP contribution in [0.4, 0.5) is 11.4 Å². The van der Waals surface area contributed by atoms with Gasteiger partial charge in [-0.25, -0.2) is 4.79 Å². The number of benzene rings is 1. The molecular formula is C20H22N2O14. The van der Waals surface area contributed by atoms with Crippen LogP contribution in [0.2, 0.25) is 0 Å². The first-order chi connectivity index (χ1) is 16.8. The summed E-state index contributed by atoms with van der Waals surface area (Å²) in [6, 6.07) is 2.80. The van der Waals surface area contributed by atoms with Crippen molar-refractivity contribution >= 4 is 35.3 Å². The molecule has 1 saturated heterocycles. The van der Waals surface area contributed by atoms with Gasteiger partial charge in [-0.1, -0.05) is 0 Å². The molecule has 0 radical (unpaired) electrons. The van der Waals surface area contributed by atoms with Gasteiger partial charge >= 0.3 is 23.9 Å². The Bertz CT molecular complexity index is 1060. The molecule has 0 spiro atoms. The summed E-state index contributed by atoms with van der Waals surface area (Å²) < 4.78 is 31.2. The lowest BCUT2D eigenvalue weighted by Crippen LogP contribution is -2.63. The van der Waals surface area contributed by atoms with Gasteiger partial charge in [0.1, 0.15) is 0 Å². The van der Waals surface area contributed by atoms with E-state index >= 15 is 0 Å². The lowest BCUT2D eigenvalue weighted by atomic mass is 9.97. The predicted octanol–water partition coefficient (Wildman–Crippen LogP) is 0.713. The number of carbonyl (C=O) groups is 4. The van der Waals surface area contributed by atoms with E-state index in [1.165, 1.54) is 0 Å². The van der Waals surface area contributed by atoms with Gasteiger partial charge in [0.2, 0.25) is 0 Å². The molecule has 5 atom stereocenters. The fourth-order valence-electron chi connectivity index (χ4n) is 3.34. The van der Waals surface area contributed by atoms with Gasteiger partial charge in [0, 0.05) is 26.8 Å². The summed E-state index contributed by atoms with van der Waals surface area (Å²) in [7, 11) is 1.01. The van der Waals surface area contributed by atoms with E-state index in [1.807, 2.05) is 0 Å². The van der Waals surface area contributed by atoms with E-state index in [2.05, 4.69) is 4.74 Å². The number of esters is 4. The van der Waals surface area contributed by atoms with Crippen LogP contribution in [0.25, 0.3) is 0 Å². The molecule has 1 aliphatic heterocycles. The number of hydrogen-bond donors (Lipinski definition) is 0. The first-order valence-electron chi connectivity index (χ1n) is 10.1. The maximum atomic E-state index is 12.4. The lowest BCUT2D eigenvalue weighted by molar-refractivity contribution is -0.395. The van der Waals surface area contributed by atoms with Crippen molar-refractivity contribution in [3.05, 3.63) is 44.0 Å². The highest BCUT2D eigenvalue weighted by molar-refractivity contribution is 5.77. The molecule has 16 heteroatoms. The van der Waals surface area contributed by atoms with Crippen molar-refractivity contribution < 1.29 is 57.4 Å². The Morgan fingerprint density at radius 1 is 0.889 bits per heavy atom. The molecule has 0 aliphatic carbocycles. The lowest BCUT2D eigenvalue weighted by Gasteiger charge is -2.43. The summed E-state index contributed by atoms with van der Waals surface area (Å²) in [5.41, 5.74) is -1.32. The van der Waals surface area contributed by atoms with Gasteiger partial charge in [-0.3, -0.25) is 34.6 Å². The van der Waals surface area contributed by atoms with Crippen molar-refractivity contribution in [2.75, 3.05) is 7.11 Å². The average Bonchev–Trinajstić information content (AvgIpc) is 2.78. The van der Waals surface area contributed by atoms with E-state index in [9.17, 15) is 39.4 Å². The number of non-ortho nitro benzene ring substituents is 1. The topological polar surface area (TPSA) is 210 Å². The Balaban J connectivity index is 2.48. The van der Waals surface area contributed by atoms with Crippen LogP contribution in [0.5, 0.6) is 0 Å². The Labute approximate surface area is 202 Å². The summed E-state index contributed by atoms with van der Waals surface area (Å²) in [5.74, 6) is -3.75. The molecule has 0 unspecified atom stereocenters. The number of carbonyl (C=O) groups excluding carboxylic acids is 4. The average molecular weight is 514 g/mol. The van der Waals surface area contributed by atoms with Crippen molar-refractivity contribution in [2.45, 2.75) is 58.1 Å². The Morgan fingerprint density at radius 3 is 1.94 bits per heavy atom. The van der Waals surface area contributed by atoms with Crippen molar-refractivity contribution in [3.8, 4) is 0 Å². The third-order valence-electron chi connectivity index (χ3n) is 4.71. The molecule has 1 heterocycles. The summed E-state index contributed by atoms with van der Waals surface area (Å²) in [4.78, 5) is 68.3. The van der Waals surface area contributed by atoms with Gasteiger partial charge in [0.15, 0.2) is 30.7 Å². The number of methoxy groups -OCH3 is 1. The quantitative estimate of drug-likeness (QED) is 0.192. The van der Waals surface area contributed by atoms with Crippen LogP contribution in [-0.4, -0.2) is 71.5 Å². The minimum absolute atomic E-state index is 0.128. The number of nitrogens with zero attached hydrogens (tertiary/aromatic N) is 2. The molecule has 2 rings (SSSR count). The maximum absolute atomic E-state index is 12.4. The fraction of sp³-hybridized carbons (Fsp3) is 0.500. The van der Waals surface area contributed by atoms with E-state index in [4.69, 9.17) is 23.7 Å². The SMILES string of the molecule is COC(=O)[C@H]1O[C@@H](OCc2ccc([N+](=O)[O-])cc2[N+](=O)[O-])[C@H](OC(C)=O)[C@@H](OC(C)=O)[C@@H]1OC(C)=O. The Kier molecular flexibility index (Phi) is 9.34. The van der Waals surface area contributed by atoms with Crippen molar-refractivity contribution in [1.82, 2.24) is 0 Å². The highest BCUT2D eigenvalue weighted by Crippen LogP contribution is 2.32. The molecule has 1 fully saturated rings. The van der Waals surface area contributed by atoms with E-state index in [0.29, 0.717) is 0 Å². The summed E-state index contributed by atoms with van der Waals surface area (Å²) in [6.45, 7) is 2.41. The first kappa shape index (κ1) is 28.1. The third kappa shape index (κ3) is 6.92. The van der Waals surface area contributed by atoms with Gasteiger partial charge in [-0.05, 0) is 6.07 Å². The summed E-state index contributed by atoms with van der Waals surface area (Å²) >= 11 is 0. The fourth-order valence-corrected chi connectivity index (χ4v) is 3.34. The van der Waals surface area contributed by atoms with E-state index < -0.39 is 82.4 Å². The molecule has 0 bridgehead atoms. The molecule has 0 saturated carbocycles. The summed E-state index contributed by atoms with van der Waals surface area (Å²) in [6.07, 6.45) is -8.23. The number of hydrogen-bond acceptors (Lipinski definition) is 14.